The van der Waals surface area contributed by atoms with Crippen molar-refractivity contribution in [3.63, 3.8) is 0 Å². The summed E-state index contributed by atoms with van der Waals surface area (Å²) in [7, 11) is 0. The minimum atomic E-state index is 0.514. The second-order valence-electron chi connectivity index (χ2n) is 2.84. The highest BCUT2D eigenvalue weighted by molar-refractivity contribution is 5.33. The normalized spacial score (nSPS) is 10.2. The van der Waals surface area contributed by atoms with Gasteiger partial charge in [0, 0.05) is 18.0 Å². The average Bonchev–Trinajstić information content (AvgIpc) is 2.53. The molecule has 2 aromatic heterocycles. The molecular formula is C9H10N4. The first kappa shape index (κ1) is 7.79. The van der Waals surface area contributed by atoms with E-state index >= 15 is 0 Å². The van der Waals surface area contributed by atoms with Crippen molar-refractivity contribution in [3.8, 4) is 5.69 Å². The molecule has 0 amide bonds. The molecule has 0 saturated heterocycles. The van der Waals surface area contributed by atoms with Gasteiger partial charge in [-0.1, -0.05) is 0 Å². The van der Waals surface area contributed by atoms with Gasteiger partial charge < -0.3 is 5.73 Å². The summed E-state index contributed by atoms with van der Waals surface area (Å²) >= 11 is 0. The third kappa shape index (κ3) is 1.51. The first-order valence-electron chi connectivity index (χ1n) is 4.00. The monoisotopic (exact) mass is 174 g/mol. The van der Waals surface area contributed by atoms with Crippen LogP contribution in [0.15, 0.2) is 30.6 Å². The lowest BCUT2D eigenvalue weighted by molar-refractivity contribution is 0.877. The van der Waals surface area contributed by atoms with Crippen LogP contribution in [0.5, 0.6) is 0 Å². The molecule has 0 aromatic carbocycles. The van der Waals surface area contributed by atoms with Crippen LogP contribution in [0.4, 0.5) is 5.82 Å². The summed E-state index contributed by atoms with van der Waals surface area (Å²) in [5.41, 5.74) is 7.40. The lowest BCUT2D eigenvalue weighted by Gasteiger charge is -1.99. The fourth-order valence-electron chi connectivity index (χ4n) is 1.08. The molecule has 0 bridgehead atoms. The molecule has 66 valence electrons. The summed E-state index contributed by atoms with van der Waals surface area (Å²) in [4.78, 5) is 4.16. The number of nitrogens with zero attached hydrogens (tertiary/aromatic N) is 3. The third-order valence-corrected chi connectivity index (χ3v) is 1.77. The number of rotatable bonds is 1. The van der Waals surface area contributed by atoms with E-state index in [-0.39, 0.29) is 0 Å². The Morgan fingerprint density at radius 3 is 2.69 bits per heavy atom. The second-order valence-corrected chi connectivity index (χ2v) is 2.84. The largest absolute Gasteiger partial charge is 0.382 e. The molecule has 0 aliphatic carbocycles. The van der Waals surface area contributed by atoms with Crippen LogP contribution in [-0.4, -0.2) is 14.8 Å². The molecule has 4 nitrogen and oxygen atoms in total. The molecule has 0 unspecified atom stereocenters. The van der Waals surface area contributed by atoms with E-state index in [1.807, 2.05) is 25.3 Å². The van der Waals surface area contributed by atoms with Crippen LogP contribution in [-0.2, 0) is 0 Å². The maximum atomic E-state index is 5.49. The van der Waals surface area contributed by atoms with Crippen molar-refractivity contribution in [2.24, 2.45) is 0 Å². The summed E-state index contributed by atoms with van der Waals surface area (Å²) in [5, 5.41) is 4.07. The zero-order valence-corrected chi connectivity index (χ0v) is 7.31. The van der Waals surface area contributed by atoms with E-state index < -0.39 is 0 Å². The van der Waals surface area contributed by atoms with Crippen LogP contribution in [0.3, 0.4) is 0 Å². The van der Waals surface area contributed by atoms with Gasteiger partial charge >= 0.3 is 0 Å². The van der Waals surface area contributed by atoms with Gasteiger partial charge in [0.25, 0.3) is 0 Å². The molecule has 2 aromatic rings. The van der Waals surface area contributed by atoms with E-state index in [4.69, 9.17) is 5.73 Å². The summed E-state index contributed by atoms with van der Waals surface area (Å²) in [6.45, 7) is 1.95. The molecule has 0 saturated carbocycles. The van der Waals surface area contributed by atoms with Crippen LogP contribution in [0, 0.1) is 6.92 Å². The predicted molar refractivity (Wildman–Crippen MR) is 50.5 cm³/mol. The Hall–Kier alpha value is -1.84. The van der Waals surface area contributed by atoms with E-state index in [1.54, 1.807) is 16.9 Å². The van der Waals surface area contributed by atoms with Gasteiger partial charge in [-0.2, -0.15) is 5.10 Å². The van der Waals surface area contributed by atoms with Crippen LogP contribution in [0.2, 0.25) is 0 Å². The van der Waals surface area contributed by atoms with Crippen LogP contribution < -0.4 is 5.73 Å². The fraction of sp³-hybridized carbons (Fsp3) is 0.111. The Bertz CT molecular complexity index is 402. The summed E-state index contributed by atoms with van der Waals surface area (Å²) in [6, 6.07) is 5.64. The minimum absolute atomic E-state index is 0.514. The quantitative estimate of drug-likeness (QED) is 0.705. The topological polar surface area (TPSA) is 56.7 Å². The van der Waals surface area contributed by atoms with Crippen molar-refractivity contribution in [2.45, 2.75) is 6.92 Å². The number of nitrogen functional groups attached to an aromatic ring is 1. The highest BCUT2D eigenvalue weighted by atomic mass is 15.3. The highest BCUT2D eigenvalue weighted by Crippen LogP contribution is 2.06. The van der Waals surface area contributed by atoms with Gasteiger partial charge in [0.2, 0.25) is 0 Å². The van der Waals surface area contributed by atoms with Gasteiger partial charge in [0.15, 0.2) is 0 Å². The van der Waals surface area contributed by atoms with Crippen molar-refractivity contribution in [1.29, 1.82) is 0 Å². The fourth-order valence-corrected chi connectivity index (χ4v) is 1.08. The van der Waals surface area contributed by atoms with Crippen LogP contribution >= 0.6 is 0 Å². The zero-order chi connectivity index (χ0) is 9.26. The van der Waals surface area contributed by atoms with Crippen LogP contribution in [0.1, 0.15) is 5.69 Å². The van der Waals surface area contributed by atoms with E-state index in [0.717, 1.165) is 11.4 Å². The molecule has 13 heavy (non-hydrogen) atoms. The Morgan fingerprint density at radius 2 is 2.15 bits per heavy atom. The van der Waals surface area contributed by atoms with Gasteiger partial charge in [-0.3, -0.25) is 4.98 Å². The number of aromatic nitrogens is 3. The standard InChI is InChI=1S/C9H10N4/c1-7-2-3-8(6-11-7)13-5-4-9(10)12-13/h2-6H,1H3,(H2,10,12). The number of anilines is 1. The lowest BCUT2D eigenvalue weighted by atomic mass is 10.3. The molecule has 2 N–H and O–H groups in total. The average molecular weight is 174 g/mol. The predicted octanol–water partition coefficient (Wildman–Crippen LogP) is 1.16. The molecule has 0 aliphatic heterocycles. The molecule has 0 aliphatic rings. The Labute approximate surface area is 76.0 Å². The van der Waals surface area contributed by atoms with Crippen LogP contribution in [0.25, 0.3) is 5.69 Å². The maximum Gasteiger partial charge on any atom is 0.145 e. The minimum Gasteiger partial charge on any atom is -0.382 e. The van der Waals surface area contributed by atoms with Crippen molar-refractivity contribution in [1.82, 2.24) is 14.8 Å². The lowest BCUT2D eigenvalue weighted by Crippen LogP contribution is -1.97. The summed E-state index contributed by atoms with van der Waals surface area (Å²) < 4.78 is 1.70. The van der Waals surface area contributed by atoms with Gasteiger partial charge in [0.05, 0.1) is 11.9 Å². The van der Waals surface area contributed by atoms with E-state index in [9.17, 15) is 0 Å². The zero-order valence-electron chi connectivity index (χ0n) is 7.31. The smallest absolute Gasteiger partial charge is 0.145 e. The maximum absolute atomic E-state index is 5.49. The van der Waals surface area contributed by atoms with Gasteiger partial charge in [-0.15, -0.1) is 0 Å². The summed E-state index contributed by atoms with van der Waals surface area (Å²) in [5.74, 6) is 0.514. The number of nitrogens with two attached hydrogens (primary N) is 1. The Balaban J connectivity index is 2.41. The Kier molecular flexibility index (Phi) is 1.73. The number of hydrogen-bond donors (Lipinski definition) is 1. The first-order chi connectivity index (χ1) is 6.25. The molecular weight excluding hydrogens is 164 g/mol. The Morgan fingerprint density at radius 1 is 1.31 bits per heavy atom. The number of pyridine rings is 1. The van der Waals surface area contributed by atoms with Crippen molar-refractivity contribution in [3.05, 3.63) is 36.3 Å². The van der Waals surface area contributed by atoms with E-state index in [2.05, 4.69) is 10.1 Å². The number of aryl methyl sites for hydroxylation is 1. The molecule has 0 atom stereocenters. The molecule has 0 spiro atoms. The van der Waals surface area contributed by atoms with Gasteiger partial charge in [-0.05, 0) is 19.1 Å². The first-order valence-corrected chi connectivity index (χ1v) is 4.00. The molecule has 0 radical (unpaired) electrons. The van der Waals surface area contributed by atoms with E-state index in [1.165, 1.54) is 0 Å². The molecule has 0 fully saturated rings. The molecule has 4 heteroatoms. The van der Waals surface area contributed by atoms with E-state index in [0.29, 0.717) is 5.82 Å². The highest BCUT2D eigenvalue weighted by Gasteiger charge is 1.97. The molecule has 2 rings (SSSR count). The van der Waals surface area contributed by atoms with Crippen molar-refractivity contribution < 1.29 is 0 Å². The SMILES string of the molecule is Cc1ccc(-n2ccc(N)n2)cn1. The third-order valence-electron chi connectivity index (χ3n) is 1.77. The van der Waals surface area contributed by atoms with Crippen molar-refractivity contribution >= 4 is 5.82 Å². The summed E-state index contributed by atoms with van der Waals surface area (Å²) in [6.07, 6.45) is 3.57. The van der Waals surface area contributed by atoms with Crippen molar-refractivity contribution in [2.75, 3.05) is 5.73 Å². The second kappa shape index (κ2) is 2.90. The number of hydrogen-bond acceptors (Lipinski definition) is 3. The molecule has 2 heterocycles. The van der Waals surface area contributed by atoms with Gasteiger partial charge in [0.1, 0.15) is 5.82 Å². The van der Waals surface area contributed by atoms with Gasteiger partial charge in [-0.25, -0.2) is 4.68 Å².